The van der Waals surface area contributed by atoms with Crippen LogP contribution in [0.4, 0.5) is 0 Å². The second-order valence-corrected chi connectivity index (χ2v) is 17.0. The van der Waals surface area contributed by atoms with Gasteiger partial charge in [0.2, 0.25) is 5.91 Å². The highest BCUT2D eigenvalue weighted by Gasteiger charge is 2.17. The van der Waals surface area contributed by atoms with Crippen LogP contribution >= 0.6 is 0 Å². The zero-order chi connectivity index (χ0) is 42.3. The van der Waals surface area contributed by atoms with Gasteiger partial charge in [-0.1, -0.05) is 199 Å². The molecule has 0 aromatic rings. The molecule has 1 unspecified atom stereocenters. The molecule has 0 bridgehead atoms. The van der Waals surface area contributed by atoms with Gasteiger partial charge in [-0.15, -0.1) is 0 Å². The van der Waals surface area contributed by atoms with Crippen molar-refractivity contribution in [3.05, 3.63) is 24.3 Å². The number of ether oxygens (including phenoxy) is 2. The van der Waals surface area contributed by atoms with Crippen LogP contribution in [0.5, 0.6) is 0 Å². The first-order valence-corrected chi connectivity index (χ1v) is 25.1. The molecule has 0 heterocycles. The molecule has 0 saturated heterocycles. The van der Waals surface area contributed by atoms with Gasteiger partial charge in [0.25, 0.3) is 0 Å². The monoisotopic (exact) mass is 820 g/mol. The average Bonchev–Trinajstić information content (AvgIpc) is 3.22. The van der Waals surface area contributed by atoms with E-state index in [-0.39, 0.29) is 38.2 Å². The Hall–Kier alpha value is -1.70. The Labute approximate surface area is 360 Å². The van der Waals surface area contributed by atoms with Crippen molar-refractivity contribution >= 4 is 11.9 Å². The summed E-state index contributed by atoms with van der Waals surface area (Å²) in [5, 5.41) is 20.0. The first kappa shape index (κ1) is 56.3. The molecule has 0 fully saturated rings. The van der Waals surface area contributed by atoms with Gasteiger partial charge in [-0.05, 0) is 57.8 Å². The topological polar surface area (TPSA) is 96.3 Å². The molecule has 0 saturated carbocycles. The van der Waals surface area contributed by atoms with Crippen molar-refractivity contribution in [3.63, 3.8) is 0 Å². The van der Waals surface area contributed by atoms with Crippen LogP contribution in [0.25, 0.3) is 0 Å². The summed E-state index contributed by atoms with van der Waals surface area (Å²) in [6.07, 6.45) is 50.8. The lowest BCUT2D eigenvalue weighted by Gasteiger charge is -2.24. The summed E-state index contributed by atoms with van der Waals surface area (Å²) in [5.74, 6) is -0.0359. The van der Waals surface area contributed by atoms with E-state index in [1.807, 2.05) is 0 Å². The molecule has 2 N–H and O–H groups in total. The van der Waals surface area contributed by atoms with Crippen molar-refractivity contribution in [2.45, 2.75) is 251 Å². The summed E-state index contributed by atoms with van der Waals surface area (Å²) in [6.45, 7) is 6.32. The molecule has 0 rings (SSSR count). The molecule has 58 heavy (non-hydrogen) atoms. The molecule has 7 heteroatoms. The van der Waals surface area contributed by atoms with Crippen molar-refractivity contribution in [1.29, 1.82) is 0 Å². The maximum atomic E-state index is 12.8. The number of hydrogen-bond acceptors (Lipinski definition) is 6. The summed E-state index contributed by atoms with van der Waals surface area (Å²) in [6, 6.07) is 0. The van der Waals surface area contributed by atoms with Gasteiger partial charge in [0.1, 0.15) is 0 Å². The Morgan fingerprint density at radius 1 is 0.517 bits per heavy atom. The Balaban J connectivity index is 3.59. The van der Waals surface area contributed by atoms with Crippen LogP contribution in [0, 0.1) is 0 Å². The highest BCUT2D eigenvalue weighted by molar-refractivity contribution is 5.76. The number of esters is 1. The molecular formula is C51H97NO6. The zero-order valence-electron chi connectivity index (χ0n) is 38.6. The lowest BCUT2D eigenvalue weighted by molar-refractivity contribution is -0.144. The summed E-state index contributed by atoms with van der Waals surface area (Å²) >= 11 is 0. The standard InChI is InChI=1S/C51H97NO6/c1-3-5-7-9-11-13-15-17-19-20-22-26-30-34-38-42-51(56)58-46-40-36-32-28-24-25-29-33-37-41-50(55)52(43-44-53)47-49(54)48-57-45-39-35-31-27-23-21-18-16-14-12-10-8-6-4-2/h11,13,17,19,49,53-54H,3-10,12,14-16,18,20-48H2,1-2H3. The number of rotatable bonds is 47. The Kier molecular flexibility index (Phi) is 46.6. The van der Waals surface area contributed by atoms with E-state index in [0.29, 0.717) is 26.1 Å². The van der Waals surface area contributed by atoms with Crippen LogP contribution in [0.15, 0.2) is 24.3 Å². The fourth-order valence-electron chi connectivity index (χ4n) is 7.48. The number of carbonyl (C=O) groups excluding carboxylic acids is 2. The third kappa shape index (κ3) is 43.9. The number of carbonyl (C=O) groups is 2. The summed E-state index contributed by atoms with van der Waals surface area (Å²) in [4.78, 5) is 26.4. The minimum Gasteiger partial charge on any atom is -0.466 e. The molecule has 7 nitrogen and oxygen atoms in total. The number of nitrogens with zero attached hydrogens (tertiary/aromatic N) is 1. The van der Waals surface area contributed by atoms with Gasteiger partial charge in [0, 0.05) is 32.5 Å². The predicted molar refractivity (Wildman–Crippen MR) is 247 cm³/mol. The van der Waals surface area contributed by atoms with E-state index in [4.69, 9.17) is 9.47 Å². The van der Waals surface area contributed by atoms with E-state index >= 15 is 0 Å². The maximum absolute atomic E-state index is 12.8. The fourth-order valence-corrected chi connectivity index (χ4v) is 7.48. The third-order valence-corrected chi connectivity index (χ3v) is 11.2. The highest BCUT2D eigenvalue weighted by Crippen LogP contribution is 2.15. The summed E-state index contributed by atoms with van der Waals surface area (Å²) in [7, 11) is 0. The first-order valence-electron chi connectivity index (χ1n) is 25.1. The van der Waals surface area contributed by atoms with Gasteiger partial charge in [-0.25, -0.2) is 0 Å². The normalized spacial score (nSPS) is 12.3. The molecule has 342 valence electrons. The van der Waals surface area contributed by atoms with E-state index in [1.54, 1.807) is 4.90 Å². The SMILES string of the molecule is CCCCCC=CCC=CCCCCCCCC(=O)OCCCCCCCCCCCC(=O)N(CCO)CC(O)COCCCCCCCCCCCCCCCC. The molecule has 1 atom stereocenters. The van der Waals surface area contributed by atoms with Crippen LogP contribution in [0.1, 0.15) is 245 Å². The predicted octanol–water partition coefficient (Wildman–Crippen LogP) is 13.9. The average molecular weight is 820 g/mol. The fraction of sp³-hybridized carbons (Fsp3) is 0.882. The molecular weight excluding hydrogens is 723 g/mol. The van der Waals surface area contributed by atoms with Crippen LogP contribution < -0.4 is 0 Å². The lowest BCUT2D eigenvalue weighted by Crippen LogP contribution is -2.40. The Morgan fingerprint density at radius 2 is 0.931 bits per heavy atom. The molecule has 0 aromatic heterocycles. The van der Waals surface area contributed by atoms with Crippen LogP contribution in [0.3, 0.4) is 0 Å². The summed E-state index contributed by atoms with van der Waals surface area (Å²) in [5.41, 5.74) is 0. The number of aliphatic hydroxyl groups is 2. The van der Waals surface area contributed by atoms with Crippen molar-refractivity contribution in [2.24, 2.45) is 0 Å². The minimum atomic E-state index is -0.727. The second kappa shape index (κ2) is 48.0. The van der Waals surface area contributed by atoms with Crippen LogP contribution in [-0.2, 0) is 19.1 Å². The summed E-state index contributed by atoms with van der Waals surface area (Å²) < 4.78 is 11.2. The van der Waals surface area contributed by atoms with E-state index in [2.05, 4.69) is 38.2 Å². The molecule has 0 aliphatic carbocycles. The van der Waals surface area contributed by atoms with Crippen LogP contribution in [-0.4, -0.2) is 72.6 Å². The number of allylic oxidation sites excluding steroid dienone is 4. The number of hydrogen-bond donors (Lipinski definition) is 2. The molecule has 0 aliphatic heterocycles. The maximum Gasteiger partial charge on any atom is 0.305 e. The number of aliphatic hydroxyl groups excluding tert-OH is 2. The van der Waals surface area contributed by atoms with Gasteiger partial charge in [-0.2, -0.15) is 0 Å². The second-order valence-electron chi connectivity index (χ2n) is 17.0. The lowest BCUT2D eigenvalue weighted by atomic mass is 10.0. The van der Waals surface area contributed by atoms with E-state index in [9.17, 15) is 19.8 Å². The first-order chi connectivity index (χ1) is 28.5. The van der Waals surface area contributed by atoms with Crippen LogP contribution in [0.2, 0.25) is 0 Å². The Morgan fingerprint density at radius 3 is 1.45 bits per heavy atom. The molecule has 0 aromatic carbocycles. The molecule has 0 radical (unpaired) electrons. The number of unbranched alkanes of at least 4 members (excludes halogenated alkanes) is 29. The van der Waals surface area contributed by atoms with Gasteiger partial charge in [-0.3, -0.25) is 9.59 Å². The molecule has 0 aliphatic rings. The Bertz CT molecular complexity index is 907. The van der Waals surface area contributed by atoms with Gasteiger partial charge in [0.15, 0.2) is 0 Å². The third-order valence-electron chi connectivity index (χ3n) is 11.2. The highest BCUT2D eigenvalue weighted by atomic mass is 16.5. The van der Waals surface area contributed by atoms with E-state index in [0.717, 1.165) is 64.2 Å². The quantitative estimate of drug-likeness (QED) is 0.0361. The van der Waals surface area contributed by atoms with Gasteiger partial charge in [0.05, 0.1) is 25.9 Å². The zero-order valence-corrected chi connectivity index (χ0v) is 38.6. The molecule has 0 spiro atoms. The smallest absolute Gasteiger partial charge is 0.305 e. The van der Waals surface area contributed by atoms with E-state index < -0.39 is 6.10 Å². The van der Waals surface area contributed by atoms with Crippen molar-refractivity contribution < 1.29 is 29.3 Å². The minimum absolute atomic E-state index is 0.00628. The number of amides is 1. The van der Waals surface area contributed by atoms with Gasteiger partial charge < -0.3 is 24.6 Å². The van der Waals surface area contributed by atoms with Crippen molar-refractivity contribution in [2.75, 3.05) is 39.5 Å². The van der Waals surface area contributed by atoms with Crippen molar-refractivity contribution in [3.8, 4) is 0 Å². The van der Waals surface area contributed by atoms with Gasteiger partial charge >= 0.3 is 5.97 Å². The van der Waals surface area contributed by atoms with Crippen molar-refractivity contribution in [1.82, 2.24) is 4.90 Å². The largest absolute Gasteiger partial charge is 0.466 e. The molecule has 1 amide bonds. The van der Waals surface area contributed by atoms with E-state index in [1.165, 1.54) is 154 Å².